The first-order valence-electron chi connectivity index (χ1n) is 7.35. The SMILES string of the molecule is OCC(Cc1ccccc1Cl)CC1Cc2ccccc2S1. The zero-order valence-corrected chi connectivity index (χ0v) is 13.4. The quantitative estimate of drug-likeness (QED) is 0.869. The van der Waals surface area contributed by atoms with Crippen molar-refractivity contribution in [2.24, 2.45) is 5.92 Å². The topological polar surface area (TPSA) is 20.2 Å². The third kappa shape index (κ3) is 3.63. The molecular weight excluding hydrogens is 300 g/mol. The lowest BCUT2D eigenvalue weighted by atomic mass is 9.93. The number of rotatable bonds is 5. The van der Waals surface area contributed by atoms with Gasteiger partial charge >= 0.3 is 0 Å². The lowest BCUT2D eigenvalue weighted by Crippen LogP contribution is -2.16. The van der Waals surface area contributed by atoms with Gasteiger partial charge in [-0.1, -0.05) is 48.0 Å². The van der Waals surface area contributed by atoms with E-state index in [-0.39, 0.29) is 12.5 Å². The number of thioether (sulfide) groups is 1. The van der Waals surface area contributed by atoms with Gasteiger partial charge in [0.1, 0.15) is 0 Å². The number of aliphatic hydroxyl groups excluding tert-OH is 1. The summed E-state index contributed by atoms with van der Waals surface area (Å²) in [5.41, 5.74) is 2.58. The minimum atomic E-state index is 0.221. The van der Waals surface area contributed by atoms with Gasteiger partial charge in [0.15, 0.2) is 0 Å². The molecule has 2 aromatic rings. The number of aliphatic hydroxyl groups is 1. The number of hydrogen-bond acceptors (Lipinski definition) is 2. The van der Waals surface area contributed by atoms with Gasteiger partial charge in [-0.3, -0.25) is 0 Å². The van der Waals surface area contributed by atoms with Crippen molar-refractivity contribution in [1.82, 2.24) is 0 Å². The van der Waals surface area contributed by atoms with E-state index in [4.69, 9.17) is 11.6 Å². The van der Waals surface area contributed by atoms with Crippen LogP contribution < -0.4 is 0 Å². The summed E-state index contributed by atoms with van der Waals surface area (Å²) in [5, 5.41) is 11.1. The predicted molar refractivity (Wildman–Crippen MR) is 90.1 cm³/mol. The Morgan fingerprint density at radius 2 is 1.90 bits per heavy atom. The molecule has 0 saturated carbocycles. The van der Waals surface area contributed by atoms with Crippen LogP contribution in [-0.2, 0) is 12.8 Å². The predicted octanol–water partition coefficient (Wildman–Crippen LogP) is 4.60. The highest BCUT2D eigenvalue weighted by molar-refractivity contribution is 8.00. The molecule has 0 aromatic heterocycles. The van der Waals surface area contributed by atoms with E-state index in [1.165, 1.54) is 10.5 Å². The molecule has 1 aliphatic heterocycles. The van der Waals surface area contributed by atoms with Gasteiger partial charge in [0.2, 0.25) is 0 Å². The van der Waals surface area contributed by atoms with Crippen LogP contribution in [0.25, 0.3) is 0 Å². The number of halogens is 1. The summed E-state index contributed by atoms with van der Waals surface area (Å²) in [6.07, 6.45) is 2.99. The van der Waals surface area contributed by atoms with E-state index in [0.717, 1.165) is 29.8 Å². The van der Waals surface area contributed by atoms with Gasteiger partial charge in [0.25, 0.3) is 0 Å². The van der Waals surface area contributed by atoms with E-state index < -0.39 is 0 Å². The first-order chi connectivity index (χ1) is 10.3. The van der Waals surface area contributed by atoms with Crippen LogP contribution in [0.1, 0.15) is 17.5 Å². The lowest BCUT2D eigenvalue weighted by Gasteiger charge is -2.18. The summed E-state index contributed by atoms with van der Waals surface area (Å²) < 4.78 is 0. The molecule has 21 heavy (non-hydrogen) atoms. The van der Waals surface area contributed by atoms with Crippen molar-refractivity contribution in [2.75, 3.05) is 6.61 Å². The highest BCUT2D eigenvalue weighted by Gasteiger charge is 2.25. The second-order valence-electron chi connectivity index (χ2n) is 5.63. The van der Waals surface area contributed by atoms with Crippen LogP contribution in [0.3, 0.4) is 0 Å². The third-order valence-electron chi connectivity index (χ3n) is 4.03. The molecule has 3 heteroatoms. The molecule has 0 fully saturated rings. The molecule has 0 amide bonds. The highest BCUT2D eigenvalue weighted by Crippen LogP contribution is 2.40. The maximum atomic E-state index is 9.70. The van der Waals surface area contributed by atoms with Crippen LogP contribution in [0, 0.1) is 5.92 Å². The second kappa shape index (κ2) is 6.87. The Balaban J connectivity index is 1.63. The van der Waals surface area contributed by atoms with E-state index in [0.29, 0.717) is 5.25 Å². The van der Waals surface area contributed by atoms with Crippen molar-refractivity contribution in [3.8, 4) is 0 Å². The maximum Gasteiger partial charge on any atom is 0.0462 e. The van der Waals surface area contributed by atoms with Gasteiger partial charge in [-0.2, -0.15) is 0 Å². The Bertz CT molecular complexity index is 589. The van der Waals surface area contributed by atoms with Gasteiger partial charge in [-0.25, -0.2) is 0 Å². The molecule has 2 unspecified atom stereocenters. The van der Waals surface area contributed by atoms with Gasteiger partial charge in [-0.15, -0.1) is 11.8 Å². The van der Waals surface area contributed by atoms with Crippen LogP contribution in [0.15, 0.2) is 53.4 Å². The Kier molecular flexibility index (Phi) is 4.89. The van der Waals surface area contributed by atoms with E-state index >= 15 is 0 Å². The molecule has 3 rings (SSSR count). The molecule has 0 saturated heterocycles. The van der Waals surface area contributed by atoms with Crippen molar-refractivity contribution >= 4 is 23.4 Å². The van der Waals surface area contributed by atoms with Gasteiger partial charge < -0.3 is 5.11 Å². The van der Waals surface area contributed by atoms with Crippen molar-refractivity contribution in [1.29, 1.82) is 0 Å². The molecule has 0 bridgehead atoms. The fourth-order valence-electron chi connectivity index (χ4n) is 2.95. The molecule has 0 radical (unpaired) electrons. The third-order valence-corrected chi connectivity index (χ3v) is 5.75. The molecule has 1 aliphatic rings. The van der Waals surface area contributed by atoms with Crippen LogP contribution >= 0.6 is 23.4 Å². The van der Waals surface area contributed by atoms with Gasteiger partial charge in [-0.05, 0) is 48.4 Å². The first-order valence-corrected chi connectivity index (χ1v) is 8.61. The number of benzene rings is 2. The smallest absolute Gasteiger partial charge is 0.0462 e. The average Bonchev–Trinajstić information content (AvgIpc) is 2.91. The van der Waals surface area contributed by atoms with E-state index in [2.05, 4.69) is 30.3 Å². The van der Waals surface area contributed by atoms with Crippen LogP contribution in [0.4, 0.5) is 0 Å². The zero-order chi connectivity index (χ0) is 14.7. The molecule has 0 aliphatic carbocycles. The van der Waals surface area contributed by atoms with Crippen molar-refractivity contribution in [2.45, 2.75) is 29.4 Å². The molecular formula is C18H19ClOS. The summed E-state index contributed by atoms with van der Waals surface area (Å²) in [6.45, 7) is 0.221. The fraction of sp³-hybridized carbons (Fsp3) is 0.333. The summed E-state index contributed by atoms with van der Waals surface area (Å²) in [7, 11) is 0. The summed E-state index contributed by atoms with van der Waals surface area (Å²) in [5.74, 6) is 0.275. The molecule has 1 heterocycles. The molecule has 2 atom stereocenters. The van der Waals surface area contributed by atoms with Gasteiger partial charge in [0, 0.05) is 21.8 Å². The summed E-state index contributed by atoms with van der Waals surface area (Å²) in [6, 6.07) is 16.6. The Hall–Kier alpha value is -0.960. The monoisotopic (exact) mass is 318 g/mol. The molecule has 110 valence electrons. The maximum absolute atomic E-state index is 9.70. The van der Waals surface area contributed by atoms with E-state index in [1.54, 1.807) is 0 Å². The average molecular weight is 319 g/mol. The first kappa shape index (κ1) is 15.0. The minimum Gasteiger partial charge on any atom is -0.396 e. The van der Waals surface area contributed by atoms with Crippen LogP contribution in [0.2, 0.25) is 5.02 Å². The normalized spacial score (nSPS) is 18.5. The van der Waals surface area contributed by atoms with Crippen molar-refractivity contribution in [3.63, 3.8) is 0 Å². The summed E-state index contributed by atoms with van der Waals surface area (Å²) in [4.78, 5) is 1.40. The summed E-state index contributed by atoms with van der Waals surface area (Å²) >= 11 is 8.18. The Morgan fingerprint density at radius 1 is 1.14 bits per heavy atom. The highest BCUT2D eigenvalue weighted by atomic mass is 35.5. The molecule has 1 nitrogen and oxygen atoms in total. The Morgan fingerprint density at radius 3 is 2.67 bits per heavy atom. The molecule has 0 spiro atoms. The van der Waals surface area contributed by atoms with Gasteiger partial charge in [0.05, 0.1) is 0 Å². The molecule has 1 N–H and O–H groups in total. The minimum absolute atomic E-state index is 0.221. The second-order valence-corrected chi connectivity index (χ2v) is 7.38. The van der Waals surface area contributed by atoms with Crippen LogP contribution in [0.5, 0.6) is 0 Å². The van der Waals surface area contributed by atoms with E-state index in [9.17, 15) is 5.11 Å². The van der Waals surface area contributed by atoms with Crippen molar-refractivity contribution in [3.05, 3.63) is 64.7 Å². The number of hydrogen-bond donors (Lipinski definition) is 1. The fourth-order valence-corrected chi connectivity index (χ4v) is 4.62. The Labute approximate surface area is 135 Å². The largest absolute Gasteiger partial charge is 0.396 e. The van der Waals surface area contributed by atoms with Crippen molar-refractivity contribution < 1.29 is 5.11 Å². The number of fused-ring (bicyclic) bond motifs is 1. The zero-order valence-electron chi connectivity index (χ0n) is 11.8. The lowest BCUT2D eigenvalue weighted by molar-refractivity contribution is 0.217. The standard InChI is InChI=1S/C18H19ClOS/c19-17-7-3-1-5-14(17)9-13(12-20)10-16-11-15-6-2-4-8-18(15)21-16/h1-8,13,16,20H,9-12H2. The van der Waals surface area contributed by atoms with E-state index in [1.807, 2.05) is 30.0 Å². The molecule has 2 aromatic carbocycles. The van der Waals surface area contributed by atoms with Crippen LogP contribution in [-0.4, -0.2) is 17.0 Å².